The summed E-state index contributed by atoms with van der Waals surface area (Å²) in [5.41, 5.74) is 3.30. The molecule has 152 valence electrons. The van der Waals surface area contributed by atoms with Crippen molar-refractivity contribution in [3.05, 3.63) is 47.5 Å². The molecule has 0 aromatic heterocycles. The molecule has 3 heteroatoms. The maximum absolute atomic E-state index is 6.38. The fourth-order valence-electron chi connectivity index (χ4n) is 5.72. The molecule has 4 rings (SSSR count). The first-order valence-corrected chi connectivity index (χ1v) is 11.3. The van der Waals surface area contributed by atoms with Gasteiger partial charge in [0, 0.05) is 12.8 Å². The van der Waals surface area contributed by atoms with Crippen LogP contribution in [0, 0.1) is 12.3 Å². The van der Waals surface area contributed by atoms with Crippen LogP contribution in [-0.2, 0) is 11.2 Å². The summed E-state index contributed by atoms with van der Waals surface area (Å²) in [6.07, 6.45) is 17.4. The van der Waals surface area contributed by atoms with Crippen LogP contribution in [0.2, 0.25) is 0 Å². The van der Waals surface area contributed by atoms with E-state index >= 15 is 0 Å². The molecule has 1 saturated carbocycles. The Kier molecular flexibility index (Phi) is 6.32. The Balaban J connectivity index is 1.36. The summed E-state index contributed by atoms with van der Waals surface area (Å²) in [4.78, 5) is 4.94. The van der Waals surface area contributed by atoms with Crippen molar-refractivity contribution in [3.63, 3.8) is 0 Å². The third-order valence-corrected chi connectivity index (χ3v) is 7.38. The fraction of sp³-hybridized carbons (Fsp3) is 0.640. The molecule has 2 heterocycles. The molecule has 0 bridgehead atoms. The third-order valence-electron chi connectivity index (χ3n) is 7.38. The Morgan fingerprint density at radius 2 is 2.00 bits per heavy atom. The number of nitrogens with one attached hydrogen (secondary N) is 1. The van der Waals surface area contributed by atoms with Crippen molar-refractivity contribution in [1.29, 1.82) is 0 Å². The van der Waals surface area contributed by atoms with E-state index in [1.54, 1.807) is 0 Å². The number of rotatable bonds is 7. The van der Waals surface area contributed by atoms with Gasteiger partial charge < -0.3 is 10.1 Å². The lowest BCUT2D eigenvalue weighted by Gasteiger charge is -2.49. The molecule has 2 unspecified atom stereocenters. The van der Waals surface area contributed by atoms with Gasteiger partial charge in [-0.2, -0.15) is 0 Å². The highest BCUT2D eigenvalue weighted by Gasteiger charge is 2.50. The molecule has 0 amide bonds. The number of nitrogens with zero attached hydrogens (tertiary/aromatic N) is 1. The van der Waals surface area contributed by atoms with E-state index in [0.29, 0.717) is 11.5 Å². The maximum atomic E-state index is 6.38. The Bertz CT molecular complexity index is 704. The lowest BCUT2D eigenvalue weighted by atomic mass is 9.65. The molecule has 1 aromatic carbocycles. The topological polar surface area (TPSA) is 33.6 Å². The van der Waals surface area contributed by atoms with E-state index in [1.807, 2.05) is 6.21 Å². The Labute approximate surface area is 170 Å². The molecule has 1 N–H and O–H groups in total. The lowest BCUT2D eigenvalue weighted by Crippen LogP contribution is -2.50. The number of aryl methyl sites for hydroxylation is 1. The fourth-order valence-corrected chi connectivity index (χ4v) is 5.72. The van der Waals surface area contributed by atoms with Crippen LogP contribution in [0.5, 0.6) is 0 Å². The smallest absolute Gasteiger partial charge is 0.0688 e. The van der Waals surface area contributed by atoms with Gasteiger partial charge in [0.05, 0.1) is 11.6 Å². The summed E-state index contributed by atoms with van der Waals surface area (Å²) >= 11 is 0. The van der Waals surface area contributed by atoms with Crippen LogP contribution < -0.4 is 5.32 Å². The number of benzene rings is 1. The second-order valence-electron chi connectivity index (χ2n) is 9.18. The SMILES string of the molecule is Cc1ccccc1CCNCCC1(C2CC=CC=N2)CCOC2(CCCC2)C1. The van der Waals surface area contributed by atoms with Crippen LogP contribution >= 0.6 is 0 Å². The second kappa shape index (κ2) is 8.92. The summed E-state index contributed by atoms with van der Waals surface area (Å²) in [6.45, 7) is 5.26. The van der Waals surface area contributed by atoms with Gasteiger partial charge in [-0.3, -0.25) is 4.99 Å². The highest BCUT2D eigenvalue weighted by atomic mass is 16.5. The number of hydrogen-bond acceptors (Lipinski definition) is 3. The van der Waals surface area contributed by atoms with Crippen molar-refractivity contribution in [2.75, 3.05) is 19.7 Å². The van der Waals surface area contributed by atoms with Crippen LogP contribution in [0.1, 0.15) is 62.5 Å². The molecular weight excluding hydrogens is 344 g/mol. The van der Waals surface area contributed by atoms with Crippen LogP contribution in [-0.4, -0.2) is 37.6 Å². The van der Waals surface area contributed by atoms with E-state index < -0.39 is 0 Å². The Morgan fingerprint density at radius 1 is 1.14 bits per heavy atom. The molecule has 28 heavy (non-hydrogen) atoms. The van der Waals surface area contributed by atoms with Gasteiger partial charge in [-0.25, -0.2) is 0 Å². The monoisotopic (exact) mass is 380 g/mol. The van der Waals surface area contributed by atoms with E-state index in [9.17, 15) is 0 Å². The molecule has 1 aliphatic carbocycles. The first kappa shape index (κ1) is 19.8. The van der Waals surface area contributed by atoms with Gasteiger partial charge in [0.15, 0.2) is 0 Å². The minimum atomic E-state index is 0.149. The van der Waals surface area contributed by atoms with E-state index in [-0.39, 0.29) is 5.60 Å². The number of allylic oxidation sites excluding steroid dienone is 1. The number of ether oxygens (including phenoxy) is 1. The Morgan fingerprint density at radius 3 is 2.79 bits per heavy atom. The minimum Gasteiger partial charge on any atom is -0.375 e. The highest BCUT2D eigenvalue weighted by molar-refractivity contribution is 5.72. The van der Waals surface area contributed by atoms with Crippen LogP contribution in [0.3, 0.4) is 0 Å². The zero-order valence-electron chi connectivity index (χ0n) is 17.5. The van der Waals surface area contributed by atoms with Gasteiger partial charge in [0.2, 0.25) is 0 Å². The predicted octanol–water partition coefficient (Wildman–Crippen LogP) is 5.03. The molecule has 1 saturated heterocycles. The molecule has 1 spiro atoms. The van der Waals surface area contributed by atoms with E-state index in [4.69, 9.17) is 9.73 Å². The molecule has 2 atom stereocenters. The predicted molar refractivity (Wildman–Crippen MR) is 117 cm³/mol. The molecule has 2 fully saturated rings. The van der Waals surface area contributed by atoms with Crippen molar-refractivity contribution in [2.24, 2.45) is 10.4 Å². The average molecular weight is 381 g/mol. The molecule has 0 radical (unpaired) electrons. The molecule has 3 aliphatic rings. The van der Waals surface area contributed by atoms with Crippen molar-refractivity contribution < 1.29 is 4.74 Å². The van der Waals surface area contributed by atoms with Crippen molar-refractivity contribution in [3.8, 4) is 0 Å². The molecule has 3 nitrogen and oxygen atoms in total. The normalized spacial score (nSPS) is 28.8. The third kappa shape index (κ3) is 4.41. The van der Waals surface area contributed by atoms with Crippen molar-refractivity contribution in [1.82, 2.24) is 5.32 Å². The summed E-state index contributed by atoms with van der Waals surface area (Å²) in [6, 6.07) is 9.16. The Hall–Kier alpha value is -1.45. The minimum absolute atomic E-state index is 0.149. The zero-order chi connectivity index (χ0) is 19.3. The summed E-state index contributed by atoms with van der Waals surface area (Å²) in [5, 5.41) is 3.74. The largest absolute Gasteiger partial charge is 0.375 e. The number of aliphatic imine (C=N–C) groups is 1. The quantitative estimate of drug-likeness (QED) is 0.673. The lowest BCUT2D eigenvalue weighted by molar-refractivity contribution is -0.130. The number of dihydropyridines is 1. The van der Waals surface area contributed by atoms with Crippen LogP contribution in [0.4, 0.5) is 0 Å². The first-order valence-electron chi connectivity index (χ1n) is 11.3. The molecular formula is C25H36N2O. The molecule has 1 aromatic rings. The molecule has 2 aliphatic heterocycles. The van der Waals surface area contributed by atoms with Gasteiger partial charge in [-0.05, 0) is 87.6 Å². The van der Waals surface area contributed by atoms with Gasteiger partial charge in [0.25, 0.3) is 0 Å². The van der Waals surface area contributed by atoms with Crippen LogP contribution in [0.15, 0.2) is 41.4 Å². The van der Waals surface area contributed by atoms with Crippen molar-refractivity contribution >= 4 is 6.21 Å². The summed E-state index contributed by atoms with van der Waals surface area (Å²) in [5.74, 6) is 0. The van der Waals surface area contributed by atoms with Crippen LogP contribution in [0.25, 0.3) is 0 Å². The second-order valence-corrected chi connectivity index (χ2v) is 9.18. The summed E-state index contributed by atoms with van der Waals surface area (Å²) < 4.78 is 6.38. The van der Waals surface area contributed by atoms with Gasteiger partial charge in [-0.15, -0.1) is 0 Å². The summed E-state index contributed by atoms with van der Waals surface area (Å²) in [7, 11) is 0. The first-order chi connectivity index (χ1) is 13.7. The van der Waals surface area contributed by atoms with Gasteiger partial charge >= 0.3 is 0 Å². The highest BCUT2D eigenvalue weighted by Crippen LogP contribution is 2.51. The zero-order valence-corrected chi connectivity index (χ0v) is 17.5. The van der Waals surface area contributed by atoms with E-state index in [2.05, 4.69) is 48.7 Å². The standard InChI is InChI=1S/C25H36N2O/c1-21-8-2-3-9-22(21)11-17-26-18-14-24(23-10-4-7-16-27-23)15-19-28-25(20-24)12-5-6-13-25/h2-4,7-9,16,23,26H,5-6,10-15,17-20H2,1H3. The van der Waals surface area contributed by atoms with E-state index in [1.165, 1.54) is 49.7 Å². The van der Waals surface area contributed by atoms with Gasteiger partial charge in [-0.1, -0.05) is 43.2 Å². The average Bonchev–Trinajstić information content (AvgIpc) is 3.17. The van der Waals surface area contributed by atoms with Crippen molar-refractivity contribution in [2.45, 2.75) is 76.4 Å². The number of hydrogen-bond donors (Lipinski definition) is 1. The van der Waals surface area contributed by atoms with Gasteiger partial charge in [0.1, 0.15) is 0 Å². The maximum Gasteiger partial charge on any atom is 0.0688 e. The van der Waals surface area contributed by atoms with E-state index in [0.717, 1.165) is 39.0 Å².